The van der Waals surface area contributed by atoms with Crippen molar-refractivity contribution < 1.29 is 13.2 Å². The minimum absolute atomic E-state index is 0.0637. The molecule has 10 heteroatoms. The molecule has 2 heterocycles. The second kappa shape index (κ2) is 10.2. The first-order valence-corrected chi connectivity index (χ1v) is 12.7. The van der Waals surface area contributed by atoms with E-state index >= 15 is 0 Å². The predicted molar refractivity (Wildman–Crippen MR) is 136 cm³/mol. The van der Waals surface area contributed by atoms with Gasteiger partial charge in [-0.15, -0.1) is 11.3 Å². The van der Waals surface area contributed by atoms with Gasteiger partial charge >= 0.3 is 0 Å². The minimum Gasteiger partial charge on any atom is -0.403 e. The van der Waals surface area contributed by atoms with Crippen LogP contribution in [0.25, 0.3) is 10.1 Å². The third-order valence-corrected chi connectivity index (χ3v) is 7.93. The summed E-state index contributed by atoms with van der Waals surface area (Å²) in [6.07, 6.45) is 5.59. The highest BCUT2D eigenvalue weighted by Crippen LogP contribution is 2.25. The standard InChI is InChI=1S/C24H19ClN4O3S2/c25-18-2-1-3-19(11-18)28-14-21(12-26)34(31,32)20-6-4-16(5-7-20)13-29-24(30)22-10-17-8-9-27-15-23(17)33-22/h1-12,14-15H,13,26H2,(H,29,30)/b21-12+,28-14?. The van der Waals surface area contributed by atoms with E-state index in [4.69, 9.17) is 17.3 Å². The van der Waals surface area contributed by atoms with Crippen LogP contribution in [0.2, 0.25) is 5.02 Å². The molecular weight excluding hydrogens is 492 g/mol. The number of carbonyl (C=O) groups is 1. The number of pyridine rings is 1. The maximum Gasteiger partial charge on any atom is 0.261 e. The lowest BCUT2D eigenvalue weighted by molar-refractivity contribution is 0.0955. The van der Waals surface area contributed by atoms with Crippen LogP contribution >= 0.6 is 22.9 Å². The summed E-state index contributed by atoms with van der Waals surface area (Å²) in [6.45, 7) is 0.251. The molecule has 0 saturated carbocycles. The van der Waals surface area contributed by atoms with Gasteiger partial charge in [0.05, 0.1) is 20.2 Å². The topological polar surface area (TPSA) is 115 Å². The van der Waals surface area contributed by atoms with Crippen molar-refractivity contribution in [1.82, 2.24) is 10.3 Å². The SMILES string of the molecule is N/C=C(\C=Nc1cccc(Cl)c1)S(=O)(=O)c1ccc(CNC(=O)c2cc3ccncc3s2)cc1. The van der Waals surface area contributed by atoms with Crippen LogP contribution in [0.1, 0.15) is 15.2 Å². The van der Waals surface area contributed by atoms with Crippen molar-refractivity contribution in [2.24, 2.45) is 10.7 Å². The molecule has 7 nitrogen and oxygen atoms in total. The number of allylic oxidation sites excluding steroid dienone is 1. The summed E-state index contributed by atoms with van der Waals surface area (Å²) in [5, 5.41) is 4.30. The van der Waals surface area contributed by atoms with E-state index in [0.717, 1.165) is 21.8 Å². The number of fused-ring (bicyclic) bond motifs is 1. The van der Waals surface area contributed by atoms with E-state index in [0.29, 0.717) is 15.6 Å². The molecule has 0 bridgehead atoms. The van der Waals surface area contributed by atoms with Crippen molar-refractivity contribution in [2.45, 2.75) is 11.4 Å². The van der Waals surface area contributed by atoms with Crippen LogP contribution in [0.5, 0.6) is 0 Å². The smallest absolute Gasteiger partial charge is 0.261 e. The van der Waals surface area contributed by atoms with E-state index in [-0.39, 0.29) is 22.3 Å². The van der Waals surface area contributed by atoms with Gasteiger partial charge in [0.25, 0.3) is 5.91 Å². The number of aromatic nitrogens is 1. The molecular formula is C24H19ClN4O3S2. The fraction of sp³-hybridized carbons (Fsp3) is 0.0417. The van der Waals surface area contributed by atoms with Crippen LogP contribution in [0.3, 0.4) is 0 Å². The van der Waals surface area contributed by atoms with Crippen LogP contribution in [0.15, 0.2) is 94.1 Å². The number of aliphatic imine (C=N–C) groups is 1. The van der Waals surface area contributed by atoms with Gasteiger partial charge in [-0.1, -0.05) is 29.8 Å². The lowest BCUT2D eigenvalue weighted by atomic mass is 10.2. The predicted octanol–water partition coefficient (Wildman–Crippen LogP) is 4.86. The molecule has 2 aromatic heterocycles. The maximum absolute atomic E-state index is 13.0. The van der Waals surface area contributed by atoms with E-state index in [9.17, 15) is 13.2 Å². The van der Waals surface area contributed by atoms with E-state index in [2.05, 4.69) is 15.3 Å². The van der Waals surface area contributed by atoms with Crippen molar-refractivity contribution in [3.63, 3.8) is 0 Å². The number of amides is 1. The maximum atomic E-state index is 13.0. The van der Waals surface area contributed by atoms with Crippen LogP contribution in [-0.2, 0) is 16.4 Å². The number of benzene rings is 2. The Balaban J connectivity index is 1.43. The molecule has 172 valence electrons. The number of thiophene rings is 1. The Morgan fingerprint density at radius 3 is 2.65 bits per heavy atom. The molecule has 0 unspecified atom stereocenters. The van der Waals surface area contributed by atoms with Crippen molar-refractivity contribution >= 4 is 60.7 Å². The molecule has 4 aromatic rings. The summed E-state index contributed by atoms with van der Waals surface area (Å²) in [6, 6.07) is 16.6. The van der Waals surface area contributed by atoms with E-state index in [1.54, 1.807) is 48.8 Å². The van der Waals surface area contributed by atoms with Gasteiger partial charge in [-0.3, -0.25) is 14.8 Å². The number of sulfone groups is 1. The first-order valence-electron chi connectivity index (χ1n) is 10.0. The number of halogens is 1. The molecule has 0 aliphatic heterocycles. The molecule has 1 amide bonds. The second-order valence-corrected chi connectivity index (χ2v) is 10.6. The van der Waals surface area contributed by atoms with Crippen molar-refractivity contribution in [2.75, 3.05) is 0 Å². The van der Waals surface area contributed by atoms with Gasteiger partial charge < -0.3 is 11.1 Å². The molecule has 34 heavy (non-hydrogen) atoms. The summed E-state index contributed by atoms with van der Waals surface area (Å²) < 4.78 is 26.9. The Bertz CT molecular complexity index is 1480. The Hall–Kier alpha value is -3.53. The molecule has 0 atom stereocenters. The monoisotopic (exact) mass is 510 g/mol. The third kappa shape index (κ3) is 5.33. The Morgan fingerprint density at radius 1 is 1.15 bits per heavy atom. The highest BCUT2D eigenvalue weighted by atomic mass is 35.5. The first kappa shape index (κ1) is 23.6. The van der Waals surface area contributed by atoms with Crippen LogP contribution < -0.4 is 11.1 Å². The number of nitrogens with two attached hydrogens (primary N) is 1. The summed E-state index contributed by atoms with van der Waals surface area (Å²) in [7, 11) is -3.88. The van der Waals surface area contributed by atoms with Gasteiger partial charge in [0, 0.05) is 36.4 Å². The second-order valence-electron chi connectivity index (χ2n) is 7.16. The lowest BCUT2D eigenvalue weighted by Gasteiger charge is -2.07. The number of nitrogens with zero attached hydrogens (tertiary/aromatic N) is 2. The van der Waals surface area contributed by atoms with Crippen LogP contribution in [0, 0.1) is 0 Å². The third-order valence-electron chi connectivity index (χ3n) is 4.86. The zero-order chi connectivity index (χ0) is 24.1. The molecule has 0 aliphatic rings. The number of carbonyl (C=O) groups excluding carboxylic acids is 1. The zero-order valence-corrected chi connectivity index (χ0v) is 20.1. The molecule has 3 N–H and O–H groups in total. The molecule has 0 fully saturated rings. The van der Waals surface area contributed by atoms with Gasteiger partial charge in [-0.25, -0.2) is 8.42 Å². The summed E-state index contributed by atoms with van der Waals surface area (Å²) in [5.41, 5.74) is 6.83. The summed E-state index contributed by atoms with van der Waals surface area (Å²) in [5.74, 6) is -0.205. The van der Waals surface area contributed by atoms with Gasteiger partial charge in [0.15, 0.2) is 0 Å². The van der Waals surface area contributed by atoms with E-state index in [1.807, 2.05) is 12.1 Å². The largest absolute Gasteiger partial charge is 0.403 e. The van der Waals surface area contributed by atoms with Crippen LogP contribution in [0.4, 0.5) is 5.69 Å². The molecule has 0 saturated heterocycles. The van der Waals surface area contributed by atoms with E-state index in [1.165, 1.54) is 29.7 Å². The summed E-state index contributed by atoms with van der Waals surface area (Å²) >= 11 is 7.30. The molecule has 0 spiro atoms. The fourth-order valence-corrected chi connectivity index (χ4v) is 5.35. The highest BCUT2D eigenvalue weighted by molar-refractivity contribution is 7.96. The van der Waals surface area contributed by atoms with Gasteiger partial charge in [-0.05, 0) is 53.4 Å². The Kier molecular flexibility index (Phi) is 7.06. The van der Waals surface area contributed by atoms with Gasteiger partial charge in [0.2, 0.25) is 9.84 Å². The number of rotatable bonds is 7. The van der Waals surface area contributed by atoms with Gasteiger partial charge in [0.1, 0.15) is 4.91 Å². The zero-order valence-electron chi connectivity index (χ0n) is 17.7. The Labute approximate surface area is 205 Å². The Morgan fingerprint density at radius 2 is 1.94 bits per heavy atom. The highest BCUT2D eigenvalue weighted by Gasteiger charge is 2.19. The minimum atomic E-state index is -3.88. The molecule has 2 aromatic carbocycles. The normalized spacial score (nSPS) is 12.3. The molecule has 0 aliphatic carbocycles. The van der Waals surface area contributed by atoms with Crippen LogP contribution in [-0.4, -0.2) is 25.5 Å². The molecule has 4 rings (SSSR count). The lowest BCUT2D eigenvalue weighted by Crippen LogP contribution is -2.21. The molecule has 0 radical (unpaired) electrons. The fourth-order valence-electron chi connectivity index (χ4n) is 3.08. The van der Waals surface area contributed by atoms with Crippen molar-refractivity contribution in [1.29, 1.82) is 0 Å². The average molecular weight is 511 g/mol. The van der Waals surface area contributed by atoms with Crippen molar-refractivity contribution in [3.8, 4) is 0 Å². The number of hydrogen-bond acceptors (Lipinski definition) is 7. The van der Waals surface area contributed by atoms with Gasteiger partial charge in [-0.2, -0.15) is 0 Å². The first-order chi connectivity index (χ1) is 16.4. The average Bonchev–Trinajstić information content (AvgIpc) is 3.28. The summed E-state index contributed by atoms with van der Waals surface area (Å²) in [4.78, 5) is 21.2. The number of hydrogen-bond donors (Lipinski definition) is 2. The van der Waals surface area contributed by atoms with Crippen molar-refractivity contribution in [3.05, 3.63) is 99.6 Å². The van der Waals surface area contributed by atoms with E-state index < -0.39 is 9.84 Å². The number of nitrogens with one attached hydrogen (secondary N) is 1. The quantitative estimate of drug-likeness (QED) is 0.345.